The van der Waals surface area contributed by atoms with Gasteiger partial charge in [0.05, 0.1) is 12.6 Å². The number of allylic oxidation sites excluding steroid dienone is 2. The fourth-order valence-electron chi connectivity index (χ4n) is 7.87. The predicted octanol–water partition coefficient (Wildman–Crippen LogP) is 3.68. The number of aliphatic hydroxyl groups is 1. The fraction of sp³-hybridized carbons (Fsp3) is 0.796. The maximum atomic E-state index is 14.7. The highest BCUT2D eigenvalue weighted by atomic mass is 16.3. The number of nitrogens with zero attached hydrogens (tertiary/aromatic N) is 5. The number of rotatable bonds is 28. The van der Waals surface area contributed by atoms with Gasteiger partial charge in [-0.05, 0) is 74.5 Å². The van der Waals surface area contributed by atoms with E-state index in [0.717, 1.165) is 9.80 Å². The molecule has 0 aromatic rings. The quantitative estimate of drug-likeness (QED) is 0.0843. The summed E-state index contributed by atoms with van der Waals surface area (Å²) in [6.07, 6.45) is 4.29. The van der Waals surface area contributed by atoms with Gasteiger partial charge in [-0.15, -0.1) is 0 Å². The smallest absolute Gasteiger partial charge is 0.246 e. The molecule has 0 heterocycles. The summed E-state index contributed by atoms with van der Waals surface area (Å²) in [5, 5.41) is 19.9. The third-order valence-electron chi connectivity index (χ3n) is 12.2. The zero-order valence-electron chi connectivity index (χ0n) is 44.1. The molecule has 8 amide bonds. The van der Waals surface area contributed by atoms with Crippen LogP contribution in [0.5, 0.6) is 0 Å². The van der Waals surface area contributed by atoms with E-state index in [1.54, 1.807) is 48.6 Å². The minimum atomic E-state index is -1.51. The van der Waals surface area contributed by atoms with E-state index in [2.05, 4.69) is 16.0 Å². The first-order valence-corrected chi connectivity index (χ1v) is 23.9. The van der Waals surface area contributed by atoms with Gasteiger partial charge in [0.25, 0.3) is 0 Å². The number of hydrogen-bond donors (Lipinski definition) is 4. The molecule has 17 nitrogen and oxygen atoms in total. The largest absolute Gasteiger partial charge is 0.390 e. The van der Waals surface area contributed by atoms with Crippen molar-refractivity contribution in [3.05, 3.63) is 12.2 Å². The van der Waals surface area contributed by atoms with Crippen LogP contribution in [0.1, 0.15) is 129 Å². The predicted molar refractivity (Wildman–Crippen MR) is 259 cm³/mol. The number of carbonyl (C=O) groups is 8. The molecule has 66 heavy (non-hydrogen) atoms. The molecule has 0 aliphatic rings. The zero-order chi connectivity index (χ0) is 51.5. The lowest BCUT2D eigenvalue weighted by atomic mass is 9.91. The Morgan fingerprint density at radius 3 is 1.56 bits per heavy atom. The van der Waals surface area contributed by atoms with Gasteiger partial charge in [0.15, 0.2) is 0 Å². The molecule has 0 radical (unpaired) electrons. The van der Waals surface area contributed by atoms with Gasteiger partial charge in [-0.25, -0.2) is 0 Å². The lowest BCUT2D eigenvalue weighted by molar-refractivity contribution is -0.156. The number of nitrogens with one attached hydrogen (secondary N) is 3. The van der Waals surface area contributed by atoms with Crippen molar-refractivity contribution in [2.75, 3.05) is 48.8 Å². The van der Waals surface area contributed by atoms with Crippen molar-refractivity contribution in [1.29, 1.82) is 0 Å². The van der Waals surface area contributed by atoms with Crippen molar-refractivity contribution < 1.29 is 43.5 Å². The monoisotopic (exact) mass is 935 g/mol. The Morgan fingerprint density at radius 2 is 1.11 bits per heavy atom. The summed E-state index contributed by atoms with van der Waals surface area (Å²) in [5.74, 6) is -4.93. The first kappa shape index (κ1) is 61.5. The summed E-state index contributed by atoms with van der Waals surface area (Å²) >= 11 is 0. The van der Waals surface area contributed by atoms with Gasteiger partial charge in [0, 0.05) is 48.7 Å². The molecule has 0 fully saturated rings. The van der Waals surface area contributed by atoms with Gasteiger partial charge in [0.1, 0.15) is 36.3 Å². The summed E-state index contributed by atoms with van der Waals surface area (Å²) in [7, 11) is 8.88. The van der Waals surface area contributed by atoms with Gasteiger partial charge in [0.2, 0.25) is 47.3 Å². The summed E-state index contributed by atoms with van der Waals surface area (Å²) < 4.78 is 0. The summed E-state index contributed by atoms with van der Waals surface area (Å²) in [6, 6.07) is -6.39. The molecule has 0 bridgehead atoms. The molecule has 380 valence electrons. The number of carbonyl (C=O) groups excluding carboxylic acids is 8. The number of hydrogen-bond acceptors (Lipinski definition) is 9. The Hall–Kier alpha value is -4.54. The molecule has 0 aliphatic heterocycles. The summed E-state index contributed by atoms with van der Waals surface area (Å²) in [6.45, 7) is 23.7. The maximum Gasteiger partial charge on any atom is 0.246 e. The van der Waals surface area contributed by atoms with Crippen molar-refractivity contribution in [3.63, 3.8) is 0 Å². The number of amides is 8. The average molecular weight is 935 g/mol. The molecular formula is C49H90N8O9. The molecular weight excluding hydrogens is 845 g/mol. The standard InChI is InChI=1S/C49H90N8O9/c1-20-22-23-34(13)43(60)42(57(19)49(66)41(33(11)12)56(18)48(65)37(27-31(7)8)55(17)38(58)25-24-29(3)4)46(63)51-35(21-2)47(64)53(15)28-39(59)54(16)36(26-30(5)6)44(61)52-40(32(9)10)45(62)50-14/h20,22,29-37,40-43,60H,21,23-28H2,1-19H3,(H,50,62)(H,51,63)(H,52,61)/b22-20+/t34-,35+,36+,37+,40+,41+,42+,43-/m1/s1. The molecule has 0 saturated carbocycles. The van der Waals surface area contributed by atoms with Crippen molar-refractivity contribution in [2.45, 2.75) is 171 Å². The van der Waals surface area contributed by atoms with Crippen LogP contribution in [0.15, 0.2) is 12.2 Å². The first-order valence-electron chi connectivity index (χ1n) is 23.9. The highest BCUT2D eigenvalue weighted by molar-refractivity contribution is 5.97. The van der Waals surface area contributed by atoms with Crippen LogP contribution in [0.4, 0.5) is 0 Å². The van der Waals surface area contributed by atoms with E-state index in [-0.39, 0.29) is 48.8 Å². The van der Waals surface area contributed by atoms with Crippen LogP contribution in [-0.4, -0.2) is 168 Å². The Bertz CT molecular complexity index is 1630. The van der Waals surface area contributed by atoms with E-state index < -0.39 is 96.2 Å². The number of aliphatic hydroxyl groups excluding tert-OH is 1. The third-order valence-corrected chi connectivity index (χ3v) is 12.2. The second-order valence-electron chi connectivity index (χ2n) is 20.0. The molecule has 0 aliphatic carbocycles. The third kappa shape index (κ3) is 18.6. The highest BCUT2D eigenvalue weighted by Crippen LogP contribution is 2.24. The average Bonchev–Trinajstić information content (AvgIpc) is 3.24. The van der Waals surface area contributed by atoms with Crippen LogP contribution in [0, 0.1) is 35.5 Å². The van der Waals surface area contributed by atoms with Gasteiger partial charge >= 0.3 is 0 Å². The minimum Gasteiger partial charge on any atom is -0.390 e. The fourth-order valence-corrected chi connectivity index (χ4v) is 7.87. The van der Waals surface area contributed by atoms with E-state index in [0.29, 0.717) is 25.2 Å². The zero-order valence-corrected chi connectivity index (χ0v) is 44.1. The van der Waals surface area contributed by atoms with Crippen molar-refractivity contribution >= 4 is 47.3 Å². The van der Waals surface area contributed by atoms with Crippen molar-refractivity contribution in [1.82, 2.24) is 40.4 Å². The second-order valence-corrected chi connectivity index (χ2v) is 20.0. The van der Waals surface area contributed by atoms with Gasteiger partial charge in [-0.2, -0.15) is 0 Å². The topological polar surface area (TPSA) is 209 Å². The first-order chi connectivity index (χ1) is 30.5. The Balaban J connectivity index is 6.79. The molecule has 0 aromatic heterocycles. The SMILES string of the molecule is C/C=C/C[C@@H](C)[C@@H](O)[C@@H](C(=O)N[C@@H](CC)C(=O)N(C)CC(=O)N(C)[C@@H](CC(C)C)C(=O)N[C@H](C(=O)NC)C(C)C)N(C)C(=O)[C@H](C(C)C)N(C)C(=O)[C@H](CC(C)C)N(C)C(=O)CCC(C)C. The van der Waals surface area contributed by atoms with Crippen LogP contribution in [0.25, 0.3) is 0 Å². The Kier molecular flexibility index (Phi) is 27.3. The molecule has 0 aromatic carbocycles. The summed E-state index contributed by atoms with van der Waals surface area (Å²) in [5.41, 5.74) is 0. The molecule has 17 heteroatoms. The Morgan fingerprint density at radius 1 is 0.591 bits per heavy atom. The van der Waals surface area contributed by atoms with E-state index in [1.807, 2.05) is 60.6 Å². The van der Waals surface area contributed by atoms with Gasteiger partial charge < -0.3 is 45.6 Å². The Labute approximate surface area is 397 Å². The molecule has 0 saturated heterocycles. The van der Waals surface area contributed by atoms with Gasteiger partial charge in [-0.1, -0.05) is 95.2 Å². The molecule has 4 N–H and O–H groups in total. The summed E-state index contributed by atoms with van der Waals surface area (Å²) in [4.78, 5) is 117. The lowest BCUT2D eigenvalue weighted by Crippen LogP contribution is -2.63. The molecule has 0 unspecified atom stereocenters. The normalized spacial score (nSPS) is 15.4. The lowest BCUT2D eigenvalue weighted by Gasteiger charge is -2.41. The van der Waals surface area contributed by atoms with E-state index in [9.17, 15) is 43.5 Å². The molecule has 0 spiro atoms. The minimum absolute atomic E-state index is 0.00291. The van der Waals surface area contributed by atoms with Crippen molar-refractivity contribution in [3.8, 4) is 0 Å². The van der Waals surface area contributed by atoms with E-state index >= 15 is 0 Å². The second kappa shape index (κ2) is 29.3. The van der Waals surface area contributed by atoms with Gasteiger partial charge in [-0.3, -0.25) is 38.4 Å². The molecule has 8 atom stereocenters. The maximum absolute atomic E-state index is 14.7. The van der Waals surface area contributed by atoms with E-state index in [1.165, 1.54) is 49.9 Å². The number of likely N-dealkylation sites (N-methyl/N-ethyl adjacent to an activating group) is 6. The van der Waals surface area contributed by atoms with Crippen molar-refractivity contribution in [2.24, 2.45) is 35.5 Å². The van der Waals surface area contributed by atoms with Crippen LogP contribution in [-0.2, 0) is 38.4 Å². The van der Waals surface area contributed by atoms with E-state index in [4.69, 9.17) is 0 Å². The molecule has 0 rings (SSSR count). The van der Waals surface area contributed by atoms with Crippen LogP contribution < -0.4 is 16.0 Å². The van der Waals surface area contributed by atoms with Crippen LogP contribution >= 0.6 is 0 Å². The van der Waals surface area contributed by atoms with Crippen LogP contribution in [0.2, 0.25) is 0 Å². The van der Waals surface area contributed by atoms with Crippen LogP contribution in [0.3, 0.4) is 0 Å². The highest BCUT2D eigenvalue weighted by Gasteiger charge is 2.44.